The second kappa shape index (κ2) is 7.06. The van der Waals surface area contributed by atoms with Crippen molar-refractivity contribution in [2.75, 3.05) is 6.54 Å². The highest BCUT2D eigenvalue weighted by molar-refractivity contribution is 5.39. The zero-order valence-corrected chi connectivity index (χ0v) is 12.4. The molecule has 0 radical (unpaired) electrons. The molecule has 1 aromatic heterocycles. The van der Waals surface area contributed by atoms with Crippen molar-refractivity contribution in [2.24, 2.45) is 0 Å². The highest BCUT2D eigenvalue weighted by atomic mass is 16.5. The van der Waals surface area contributed by atoms with E-state index in [4.69, 9.17) is 4.74 Å². The average Bonchev–Trinajstić information content (AvgIpc) is 2.47. The molecule has 1 aromatic carbocycles. The van der Waals surface area contributed by atoms with Gasteiger partial charge in [0, 0.05) is 18.3 Å². The molecular formula is C17H22N2O. The molecule has 3 heteroatoms. The Bertz CT molecular complexity index is 552. The molecule has 1 heterocycles. The quantitative estimate of drug-likeness (QED) is 0.857. The monoisotopic (exact) mass is 270 g/mol. The van der Waals surface area contributed by atoms with Gasteiger partial charge in [-0.2, -0.15) is 0 Å². The van der Waals surface area contributed by atoms with E-state index in [2.05, 4.69) is 37.1 Å². The van der Waals surface area contributed by atoms with Crippen LogP contribution >= 0.6 is 0 Å². The number of rotatable bonds is 6. The van der Waals surface area contributed by atoms with Gasteiger partial charge in [-0.1, -0.05) is 45.0 Å². The van der Waals surface area contributed by atoms with Crippen LogP contribution in [0.15, 0.2) is 42.6 Å². The van der Waals surface area contributed by atoms with E-state index in [1.165, 1.54) is 5.56 Å². The van der Waals surface area contributed by atoms with E-state index in [0.29, 0.717) is 11.8 Å². The lowest BCUT2D eigenvalue weighted by molar-refractivity contribution is 0.445. The summed E-state index contributed by atoms with van der Waals surface area (Å²) in [5, 5.41) is 3.31. The maximum atomic E-state index is 6.05. The van der Waals surface area contributed by atoms with E-state index in [1.54, 1.807) is 6.20 Å². The number of aromatic nitrogens is 1. The maximum Gasteiger partial charge on any atom is 0.223 e. The molecule has 0 aliphatic rings. The first kappa shape index (κ1) is 14.5. The third-order valence-corrected chi connectivity index (χ3v) is 3.16. The van der Waals surface area contributed by atoms with Crippen LogP contribution in [0.5, 0.6) is 11.6 Å². The van der Waals surface area contributed by atoms with Gasteiger partial charge in [0.25, 0.3) is 0 Å². The summed E-state index contributed by atoms with van der Waals surface area (Å²) >= 11 is 0. The van der Waals surface area contributed by atoms with Gasteiger partial charge in [-0.3, -0.25) is 0 Å². The lowest BCUT2D eigenvalue weighted by Crippen LogP contribution is -2.12. The lowest BCUT2D eigenvalue weighted by atomic mass is 10.0. The van der Waals surface area contributed by atoms with Gasteiger partial charge in [-0.15, -0.1) is 0 Å². The second-order valence-electron chi connectivity index (χ2n) is 5.04. The molecule has 0 aliphatic carbocycles. The van der Waals surface area contributed by atoms with Crippen LogP contribution in [0, 0.1) is 0 Å². The van der Waals surface area contributed by atoms with Crippen molar-refractivity contribution in [3.63, 3.8) is 0 Å². The number of nitrogens with zero attached hydrogens (tertiary/aromatic N) is 1. The Balaban J connectivity index is 2.26. The summed E-state index contributed by atoms with van der Waals surface area (Å²) < 4.78 is 6.05. The van der Waals surface area contributed by atoms with Crippen molar-refractivity contribution in [3.05, 3.63) is 53.7 Å². The summed E-state index contributed by atoms with van der Waals surface area (Å²) in [6.07, 6.45) is 1.77. The third kappa shape index (κ3) is 3.58. The average molecular weight is 270 g/mol. The molecule has 2 aromatic rings. The van der Waals surface area contributed by atoms with Gasteiger partial charge < -0.3 is 10.1 Å². The molecule has 0 spiro atoms. The molecule has 0 fully saturated rings. The fourth-order valence-electron chi connectivity index (χ4n) is 2.06. The molecule has 0 saturated heterocycles. The van der Waals surface area contributed by atoms with Gasteiger partial charge >= 0.3 is 0 Å². The summed E-state index contributed by atoms with van der Waals surface area (Å²) in [5.74, 6) is 1.99. The highest BCUT2D eigenvalue weighted by Crippen LogP contribution is 2.30. The molecule has 0 atom stereocenters. The minimum atomic E-state index is 0.423. The van der Waals surface area contributed by atoms with Crippen LogP contribution in [0.25, 0.3) is 0 Å². The van der Waals surface area contributed by atoms with Crippen molar-refractivity contribution in [1.29, 1.82) is 0 Å². The van der Waals surface area contributed by atoms with E-state index in [9.17, 15) is 0 Å². The lowest BCUT2D eigenvalue weighted by Gasteiger charge is -2.15. The summed E-state index contributed by atoms with van der Waals surface area (Å²) in [6, 6.07) is 12.1. The summed E-state index contributed by atoms with van der Waals surface area (Å²) in [7, 11) is 0. The Kier molecular flexibility index (Phi) is 5.13. The van der Waals surface area contributed by atoms with Crippen molar-refractivity contribution in [2.45, 2.75) is 33.2 Å². The number of hydrogen-bond acceptors (Lipinski definition) is 3. The van der Waals surface area contributed by atoms with E-state index in [1.807, 2.05) is 30.3 Å². The Morgan fingerprint density at radius 3 is 2.70 bits per heavy atom. The van der Waals surface area contributed by atoms with Gasteiger partial charge in [0.05, 0.1) is 0 Å². The first-order chi connectivity index (χ1) is 9.72. The molecule has 0 bridgehead atoms. The normalized spacial score (nSPS) is 10.8. The van der Waals surface area contributed by atoms with Gasteiger partial charge in [-0.25, -0.2) is 4.98 Å². The smallest absolute Gasteiger partial charge is 0.223 e. The van der Waals surface area contributed by atoms with Crippen LogP contribution in [-0.4, -0.2) is 11.5 Å². The Morgan fingerprint density at radius 2 is 1.95 bits per heavy atom. The van der Waals surface area contributed by atoms with Gasteiger partial charge in [0.15, 0.2) is 0 Å². The van der Waals surface area contributed by atoms with E-state index in [0.717, 1.165) is 24.4 Å². The summed E-state index contributed by atoms with van der Waals surface area (Å²) in [5.41, 5.74) is 2.28. The standard InChI is InChI=1S/C17H22N2O/c1-4-18-12-14-8-7-11-19-17(14)20-16-10-6-5-9-15(16)13(2)3/h5-11,13,18H,4,12H2,1-3H3. The molecule has 0 amide bonds. The second-order valence-corrected chi connectivity index (χ2v) is 5.04. The van der Waals surface area contributed by atoms with Crippen LogP contribution in [0.3, 0.4) is 0 Å². The van der Waals surface area contributed by atoms with Crippen LogP contribution in [-0.2, 0) is 6.54 Å². The van der Waals surface area contributed by atoms with Crippen LogP contribution in [0.4, 0.5) is 0 Å². The largest absolute Gasteiger partial charge is 0.438 e. The fourth-order valence-corrected chi connectivity index (χ4v) is 2.06. The molecule has 0 saturated carbocycles. The Morgan fingerprint density at radius 1 is 1.15 bits per heavy atom. The predicted octanol–water partition coefficient (Wildman–Crippen LogP) is 4.11. The number of ether oxygens (including phenoxy) is 1. The number of hydrogen-bond donors (Lipinski definition) is 1. The van der Waals surface area contributed by atoms with Crippen molar-refractivity contribution in [1.82, 2.24) is 10.3 Å². The van der Waals surface area contributed by atoms with Gasteiger partial charge in [-0.05, 0) is 30.2 Å². The maximum absolute atomic E-state index is 6.05. The predicted molar refractivity (Wildman–Crippen MR) is 82.2 cm³/mol. The molecule has 3 nitrogen and oxygen atoms in total. The van der Waals surface area contributed by atoms with E-state index < -0.39 is 0 Å². The number of benzene rings is 1. The first-order valence-electron chi connectivity index (χ1n) is 7.13. The molecule has 2 rings (SSSR count). The topological polar surface area (TPSA) is 34.2 Å². The summed E-state index contributed by atoms with van der Waals surface area (Å²) in [6.45, 7) is 8.12. The highest BCUT2D eigenvalue weighted by Gasteiger charge is 2.10. The van der Waals surface area contributed by atoms with Crippen LogP contribution < -0.4 is 10.1 Å². The van der Waals surface area contributed by atoms with Crippen molar-refractivity contribution < 1.29 is 4.74 Å². The zero-order valence-electron chi connectivity index (χ0n) is 12.4. The third-order valence-electron chi connectivity index (χ3n) is 3.16. The fraction of sp³-hybridized carbons (Fsp3) is 0.353. The minimum absolute atomic E-state index is 0.423. The molecular weight excluding hydrogens is 248 g/mol. The number of nitrogens with one attached hydrogen (secondary N) is 1. The van der Waals surface area contributed by atoms with E-state index >= 15 is 0 Å². The molecule has 0 unspecified atom stereocenters. The van der Waals surface area contributed by atoms with Crippen molar-refractivity contribution in [3.8, 4) is 11.6 Å². The Labute approximate surface area is 121 Å². The Hall–Kier alpha value is -1.87. The summed E-state index contributed by atoms with van der Waals surface area (Å²) in [4.78, 5) is 4.37. The SMILES string of the molecule is CCNCc1cccnc1Oc1ccccc1C(C)C. The van der Waals surface area contributed by atoms with Gasteiger partial charge in [0.1, 0.15) is 5.75 Å². The van der Waals surface area contributed by atoms with Gasteiger partial charge in [0.2, 0.25) is 5.88 Å². The van der Waals surface area contributed by atoms with Crippen LogP contribution in [0.1, 0.15) is 37.8 Å². The number of pyridine rings is 1. The first-order valence-corrected chi connectivity index (χ1v) is 7.13. The zero-order chi connectivity index (χ0) is 14.4. The molecule has 106 valence electrons. The molecule has 1 N–H and O–H groups in total. The molecule has 20 heavy (non-hydrogen) atoms. The van der Waals surface area contributed by atoms with Crippen LogP contribution in [0.2, 0.25) is 0 Å². The molecule has 0 aliphatic heterocycles. The van der Waals surface area contributed by atoms with E-state index in [-0.39, 0.29) is 0 Å². The minimum Gasteiger partial charge on any atom is -0.438 e. The number of para-hydroxylation sites is 1. The van der Waals surface area contributed by atoms with Crippen molar-refractivity contribution >= 4 is 0 Å².